The number of benzene rings is 2. The van der Waals surface area contributed by atoms with E-state index >= 15 is 0 Å². The summed E-state index contributed by atoms with van der Waals surface area (Å²) in [5.74, 6) is 0.0582. The Bertz CT molecular complexity index is 797. The quantitative estimate of drug-likeness (QED) is 0.739. The van der Waals surface area contributed by atoms with Crippen molar-refractivity contribution in [1.82, 2.24) is 4.90 Å². The normalized spacial score (nSPS) is 10.8. The van der Waals surface area contributed by atoms with Crippen LogP contribution in [0.5, 0.6) is 11.5 Å². The molecular weight excluding hydrogens is 361 g/mol. The van der Waals surface area contributed by atoms with E-state index in [4.69, 9.17) is 14.7 Å². The number of carbonyl (C=O) groups is 1. The molecule has 0 radical (unpaired) electrons. The average molecular weight is 378 g/mol. The van der Waals surface area contributed by atoms with Gasteiger partial charge in [-0.25, -0.2) is 0 Å². The molecule has 0 N–H and O–H groups in total. The second-order valence-corrected chi connectivity index (χ2v) is 5.64. The molecule has 0 atom stereocenters. The SMILES string of the molecule is COc1ccc(CN(CC(F)(F)F)C(=O)COc2ccc(C#N)cc2)cc1. The molecule has 0 saturated carbocycles. The van der Waals surface area contributed by atoms with Gasteiger partial charge in [0.1, 0.15) is 18.0 Å². The van der Waals surface area contributed by atoms with Crippen molar-refractivity contribution in [3.05, 3.63) is 59.7 Å². The number of hydrogen-bond donors (Lipinski definition) is 0. The Morgan fingerprint density at radius 2 is 1.67 bits per heavy atom. The average Bonchev–Trinajstić information content (AvgIpc) is 2.65. The van der Waals surface area contributed by atoms with Crippen molar-refractivity contribution < 1.29 is 27.4 Å². The lowest BCUT2D eigenvalue weighted by molar-refractivity contribution is -0.163. The van der Waals surface area contributed by atoms with Crippen molar-refractivity contribution in [3.8, 4) is 17.6 Å². The van der Waals surface area contributed by atoms with Crippen LogP contribution in [0.1, 0.15) is 11.1 Å². The van der Waals surface area contributed by atoms with Gasteiger partial charge < -0.3 is 14.4 Å². The Labute approximate surface area is 154 Å². The molecule has 2 aromatic carbocycles. The van der Waals surface area contributed by atoms with Gasteiger partial charge in [-0.15, -0.1) is 0 Å². The molecule has 0 aliphatic heterocycles. The highest BCUT2D eigenvalue weighted by Gasteiger charge is 2.33. The molecule has 0 spiro atoms. The zero-order chi connectivity index (χ0) is 19.9. The van der Waals surface area contributed by atoms with Gasteiger partial charge in [0.05, 0.1) is 18.7 Å². The summed E-state index contributed by atoms with van der Waals surface area (Å²) >= 11 is 0. The van der Waals surface area contributed by atoms with Gasteiger partial charge in [0.2, 0.25) is 0 Å². The number of rotatable bonds is 7. The van der Waals surface area contributed by atoms with Crippen LogP contribution in [0.15, 0.2) is 48.5 Å². The van der Waals surface area contributed by atoms with Gasteiger partial charge in [-0.05, 0) is 42.0 Å². The maximum absolute atomic E-state index is 12.8. The van der Waals surface area contributed by atoms with Crippen LogP contribution in [0.2, 0.25) is 0 Å². The smallest absolute Gasteiger partial charge is 0.406 e. The van der Waals surface area contributed by atoms with Gasteiger partial charge in [-0.1, -0.05) is 12.1 Å². The number of amides is 1. The van der Waals surface area contributed by atoms with Crippen molar-refractivity contribution in [2.24, 2.45) is 0 Å². The lowest BCUT2D eigenvalue weighted by atomic mass is 10.2. The molecule has 2 aromatic rings. The highest BCUT2D eigenvalue weighted by molar-refractivity contribution is 5.77. The van der Waals surface area contributed by atoms with E-state index < -0.39 is 25.2 Å². The summed E-state index contributed by atoms with van der Waals surface area (Å²) in [6.07, 6.45) is -4.53. The molecule has 0 aliphatic rings. The van der Waals surface area contributed by atoms with Gasteiger partial charge >= 0.3 is 6.18 Å². The first-order valence-electron chi connectivity index (χ1n) is 7.91. The van der Waals surface area contributed by atoms with Gasteiger partial charge in [-0.3, -0.25) is 4.79 Å². The number of methoxy groups -OCH3 is 1. The van der Waals surface area contributed by atoms with Crippen LogP contribution in [0.4, 0.5) is 13.2 Å². The van der Waals surface area contributed by atoms with E-state index in [1.54, 1.807) is 24.3 Å². The second-order valence-electron chi connectivity index (χ2n) is 5.64. The number of hydrogen-bond acceptors (Lipinski definition) is 4. The van der Waals surface area contributed by atoms with Crippen molar-refractivity contribution in [2.75, 3.05) is 20.3 Å². The molecule has 1 amide bonds. The fourth-order valence-electron chi connectivity index (χ4n) is 2.26. The van der Waals surface area contributed by atoms with Gasteiger partial charge in [0, 0.05) is 6.54 Å². The largest absolute Gasteiger partial charge is 0.497 e. The van der Waals surface area contributed by atoms with Gasteiger partial charge in [0.15, 0.2) is 6.61 Å². The fourth-order valence-corrected chi connectivity index (χ4v) is 2.26. The summed E-state index contributed by atoms with van der Waals surface area (Å²) in [7, 11) is 1.48. The van der Waals surface area contributed by atoms with Crippen LogP contribution in [0, 0.1) is 11.3 Å². The van der Waals surface area contributed by atoms with E-state index in [2.05, 4.69) is 0 Å². The first-order valence-corrected chi connectivity index (χ1v) is 7.91. The molecule has 0 saturated heterocycles. The number of ether oxygens (including phenoxy) is 2. The Kier molecular flexibility index (Phi) is 6.66. The summed E-state index contributed by atoms with van der Waals surface area (Å²) in [6, 6.07) is 14.3. The van der Waals surface area contributed by atoms with Crippen molar-refractivity contribution in [1.29, 1.82) is 5.26 Å². The summed E-state index contributed by atoms with van der Waals surface area (Å²) in [5, 5.41) is 8.73. The monoisotopic (exact) mass is 378 g/mol. The highest BCUT2D eigenvalue weighted by atomic mass is 19.4. The molecule has 0 heterocycles. The number of carbonyl (C=O) groups excluding carboxylic acids is 1. The minimum absolute atomic E-state index is 0.209. The van der Waals surface area contributed by atoms with Crippen LogP contribution in [-0.2, 0) is 11.3 Å². The molecule has 0 unspecified atom stereocenters. The zero-order valence-corrected chi connectivity index (χ0v) is 14.5. The van der Waals surface area contributed by atoms with Crippen LogP contribution in [0.25, 0.3) is 0 Å². The molecule has 0 fully saturated rings. The second kappa shape index (κ2) is 8.94. The van der Waals surface area contributed by atoms with Crippen molar-refractivity contribution >= 4 is 5.91 Å². The summed E-state index contributed by atoms with van der Waals surface area (Å²) in [4.78, 5) is 13.0. The third kappa shape index (κ3) is 6.55. The van der Waals surface area contributed by atoms with E-state index in [0.717, 1.165) is 0 Å². The molecule has 8 heteroatoms. The lowest BCUT2D eigenvalue weighted by Gasteiger charge is -2.24. The van der Waals surface area contributed by atoms with Crippen LogP contribution >= 0.6 is 0 Å². The fraction of sp³-hybridized carbons (Fsp3) is 0.263. The first-order chi connectivity index (χ1) is 12.8. The van der Waals surface area contributed by atoms with Crippen LogP contribution < -0.4 is 9.47 Å². The summed E-state index contributed by atoms with van der Waals surface area (Å²) < 4.78 is 48.8. The van der Waals surface area contributed by atoms with E-state index in [1.807, 2.05) is 6.07 Å². The Balaban J connectivity index is 2.04. The topological polar surface area (TPSA) is 62.6 Å². The maximum Gasteiger partial charge on any atom is 0.406 e. The van der Waals surface area contributed by atoms with E-state index in [0.29, 0.717) is 27.5 Å². The van der Waals surface area contributed by atoms with Crippen molar-refractivity contribution in [3.63, 3.8) is 0 Å². The molecule has 5 nitrogen and oxygen atoms in total. The molecule has 27 heavy (non-hydrogen) atoms. The lowest BCUT2D eigenvalue weighted by Crippen LogP contribution is -2.41. The minimum atomic E-state index is -4.53. The minimum Gasteiger partial charge on any atom is -0.497 e. The van der Waals surface area contributed by atoms with Crippen LogP contribution in [-0.4, -0.2) is 37.2 Å². The Morgan fingerprint density at radius 3 is 2.19 bits per heavy atom. The number of alkyl halides is 3. The summed E-state index contributed by atoms with van der Waals surface area (Å²) in [5.41, 5.74) is 0.943. The Hall–Kier alpha value is -3.21. The molecule has 142 valence electrons. The van der Waals surface area contributed by atoms with Gasteiger partial charge in [-0.2, -0.15) is 18.4 Å². The molecule has 2 rings (SSSR count). The number of nitrogens with zero attached hydrogens (tertiary/aromatic N) is 2. The molecule has 0 aromatic heterocycles. The highest BCUT2D eigenvalue weighted by Crippen LogP contribution is 2.20. The maximum atomic E-state index is 12.8. The third-order valence-electron chi connectivity index (χ3n) is 3.60. The van der Waals surface area contributed by atoms with E-state index in [1.165, 1.54) is 31.4 Å². The standard InChI is InChI=1S/C19H17F3N2O3/c1-26-16-6-4-15(5-7-16)11-24(13-19(20,21)22)18(25)12-27-17-8-2-14(10-23)3-9-17/h2-9H,11-13H2,1H3. The number of halogens is 3. The predicted molar refractivity (Wildman–Crippen MR) is 91.1 cm³/mol. The zero-order valence-electron chi connectivity index (χ0n) is 14.5. The molecule has 0 aliphatic carbocycles. The van der Waals surface area contributed by atoms with Gasteiger partial charge in [0.25, 0.3) is 5.91 Å². The van der Waals surface area contributed by atoms with Crippen molar-refractivity contribution in [2.45, 2.75) is 12.7 Å². The van der Waals surface area contributed by atoms with E-state index in [-0.39, 0.29) is 6.54 Å². The molecule has 0 bridgehead atoms. The third-order valence-corrected chi connectivity index (χ3v) is 3.60. The van der Waals surface area contributed by atoms with Crippen LogP contribution in [0.3, 0.4) is 0 Å². The predicted octanol–water partition coefficient (Wildman–Crippen LogP) is 3.54. The summed E-state index contributed by atoms with van der Waals surface area (Å²) in [6.45, 7) is -2.13. The molecular formula is C19H17F3N2O3. The number of nitriles is 1. The van der Waals surface area contributed by atoms with E-state index in [9.17, 15) is 18.0 Å². The Morgan fingerprint density at radius 1 is 1.07 bits per heavy atom. The first kappa shape index (κ1) is 20.1.